The Morgan fingerprint density at radius 1 is 1.33 bits per heavy atom. The summed E-state index contributed by atoms with van der Waals surface area (Å²) in [4.78, 5) is 22.1. The summed E-state index contributed by atoms with van der Waals surface area (Å²) in [6.07, 6.45) is 3.19. The van der Waals surface area contributed by atoms with Gasteiger partial charge in [0, 0.05) is 13.0 Å². The van der Waals surface area contributed by atoms with E-state index in [4.69, 9.17) is 4.74 Å². The van der Waals surface area contributed by atoms with Gasteiger partial charge in [-0.25, -0.2) is 0 Å². The second-order valence-corrected chi connectivity index (χ2v) is 3.96. The topological polar surface area (TPSA) is 55.4 Å². The highest BCUT2D eigenvalue weighted by molar-refractivity contribution is 5.91. The van der Waals surface area contributed by atoms with Crippen LogP contribution in [0.1, 0.15) is 19.4 Å². The number of carbonyl (C=O) groups is 2. The number of nitrogens with one attached hydrogen (secondary N) is 1. The minimum absolute atomic E-state index is 0.181. The van der Waals surface area contributed by atoms with Crippen LogP contribution in [0.3, 0.4) is 0 Å². The van der Waals surface area contributed by atoms with Crippen LogP contribution in [0.2, 0.25) is 0 Å². The Bertz CT molecular complexity index is 426. The van der Waals surface area contributed by atoms with Crippen LogP contribution in [-0.2, 0) is 14.3 Å². The highest BCUT2D eigenvalue weighted by Crippen LogP contribution is 2.00. The zero-order valence-corrected chi connectivity index (χ0v) is 10.6. The highest BCUT2D eigenvalue weighted by atomic mass is 16.5. The van der Waals surface area contributed by atoms with Gasteiger partial charge in [-0.05, 0) is 18.6 Å². The summed E-state index contributed by atoms with van der Waals surface area (Å²) in [7, 11) is 0. The van der Waals surface area contributed by atoms with Gasteiger partial charge < -0.3 is 10.1 Å². The third-order valence-corrected chi connectivity index (χ3v) is 2.15. The molecule has 1 rings (SSSR count). The van der Waals surface area contributed by atoms with Crippen LogP contribution in [0.25, 0.3) is 6.08 Å². The summed E-state index contributed by atoms with van der Waals surface area (Å²) in [5.74, 6) is -0.561. The predicted molar refractivity (Wildman–Crippen MR) is 69.7 cm³/mol. The van der Waals surface area contributed by atoms with Gasteiger partial charge in [-0.2, -0.15) is 0 Å². The first-order valence-corrected chi connectivity index (χ1v) is 5.75. The molecule has 0 heterocycles. The highest BCUT2D eigenvalue weighted by Gasteiger charge is 2.05. The molecule has 0 aliphatic heterocycles. The van der Waals surface area contributed by atoms with Crippen molar-refractivity contribution < 1.29 is 14.3 Å². The van der Waals surface area contributed by atoms with Gasteiger partial charge in [0.25, 0.3) is 0 Å². The van der Waals surface area contributed by atoms with E-state index in [0.29, 0.717) is 0 Å². The van der Waals surface area contributed by atoms with Gasteiger partial charge in [-0.15, -0.1) is 0 Å². The first-order valence-electron chi connectivity index (χ1n) is 5.75. The third kappa shape index (κ3) is 5.84. The van der Waals surface area contributed by atoms with Crippen LogP contribution in [0.5, 0.6) is 0 Å². The number of ether oxygens (including phenoxy) is 1. The molecule has 96 valence electrons. The molecule has 4 heteroatoms. The van der Waals surface area contributed by atoms with Crippen LogP contribution in [0.15, 0.2) is 36.4 Å². The Hall–Kier alpha value is -2.10. The molecule has 0 aliphatic rings. The van der Waals surface area contributed by atoms with Crippen molar-refractivity contribution in [2.75, 3.05) is 6.61 Å². The third-order valence-electron chi connectivity index (χ3n) is 2.15. The van der Waals surface area contributed by atoms with E-state index in [-0.39, 0.29) is 24.5 Å². The monoisotopic (exact) mass is 247 g/mol. The van der Waals surface area contributed by atoms with E-state index in [0.717, 1.165) is 5.56 Å². The lowest BCUT2D eigenvalue weighted by Crippen LogP contribution is -2.35. The van der Waals surface area contributed by atoms with Gasteiger partial charge in [0.05, 0.1) is 6.04 Å². The molecule has 1 amide bonds. The predicted octanol–water partition coefficient (Wildman–Crippen LogP) is 1.77. The number of amides is 1. The zero-order chi connectivity index (χ0) is 13.4. The molecular formula is C14H17NO3. The maximum atomic E-state index is 11.5. The maximum Gasteiger partial charge on any atom is 0.302 e. The molecule has 0 radical (unpaired) electrons. The van der Waals surface area contributed by atoms with Crippen LogP contribution < -0.4 is 5.32 Å². The lowest BCUT2D eigenvalue weighted by Gasteiger charge is -2.11. The number of benzene rings is 1. The lowest BCUT2D eigenvalue weighted by atomic mass is 10.2. The summed E-state index contributed by atoms with van der Waals surface area (Å²) >= 11 is 0. The summed E-state index contributed by atoms with van der Waals surface area (Å²) < 4.78 is 4.79. The van der Waals surface area contributed by atoms with Gasteiger partial charge >= 0.3 is 5.97 Å². The van der Waals surface area contributed by atoms with Gasteiger partial charge in [-0.3, -0.25) is 9.59 Å². The minimum Gasteiger partial charge on any atom is -0.464 e. The summed E-state index contributed by atoms with van der Waals surface area (Å²) in [6.45, 7) is 3.29. The first kappa shape index (κ1) is 14.0. The summed E-state index contributed by atoms with van der Waals surface area (Å²) in [6, 6.07) is 9.33. The van der Waals surface area contributed by atoms with Crippen molar-refractivity contribution in [3.8, 4) is 0 Å². The van der Waals surface area contributed by atoms with Crippen LogP contribution in [0, 0.1) is 0 Å². The van der Waals surface area contributed by atoms with E-state index in [9.17, 15) is 9.59 Å². The fraction of sp³-hybridized carbons (Fsp3) is 0.286. The average Bonchev–Trinajstić information content (AvgIpc) is 2.35. The molecule has 1 atom stereocenters. The molecule has 0 bridgehead atoms. The van der Waals surface area contributed by atoms with Crippen LogP contribution >= 0.6 is 0 Å². The Morgan fingerprint density at radius 3 is 2.61 bits per heavy atom. The van der Waals surface area contributed by atoms with E-state index < -0.39 is 0 Å². The van der Waals surface area contributed by atoms with E-state index in [1.165, 1.54) is 13.0 Å². The number of rotatable bonds is 5. The Balaban J connectivity index is 2.37. The largest absolute Gasteiger partial charge is 0.464 e. The Morgan fingerprint density at radius 2 is 2.00 bits per heavy atom. The van der Waals surface area contributed by atoms with E-state index in [1.807, 2.05) is 30.3 Å². The number of hydrogen-bond donors (Lipinski definition) is 1. The van der Waals surface area contributed by atoms with Gasteiger partial charge in [0.15, 0.2) is 0 Å². The van der Waals surface area contributed by atoms with Crippen molar-refractivity contribution in [3.63, 3.8) is 0 Å². The second kappa shape index (κ2) is 7.27. The van der Waals surface area contributed by atoms with Crippen molar-refractivity contribution >= 4 is 18.0 Å². The van der Waals surface area contributed by atoms with E-state index in [1.54, 1.807) is 13.0 Å². The zero-order valence-electron chi connectivity index (χ0n) is 10.6. The average molecular weight is 247 g/mol. The molecule has 0 saturated carbocycles. The first-order chi connectivity index (χ1) is 8.58. The smallest absolute Gasteiger partial charge is 0.302 e. The van der Waals surface area contributed by atoms with Crippen molar-refractivity contribution in [1.29, 1.82) is 0 Å². The molecule has 0 aromatic heterocycles. The molecule has 1 unspecified atom stereocenters. The maximum absolute atomic E-state index is 11.5. The molecule has 18 heavy (non-hydrogen) atoms. The fourth-order valence-corrected chi connectivity index (χ4v) is 1.31. The van der Waals surface area contributed by atoms with Gasteiger partial charge in [-0.1, -0.05) is 30.3 Å². The number of hydrogen-bond acceptors (Lipinski definition) is 3. The summed E-state index contributed by atoms with van der Waals surface area (Å²) in [5, 5.41) is 2.70. The van der Waals surface area contributed by atoms with Crippen LogP contribution in [0.4, 0.5) is 0 Å². The van der Waals surface area contributed by atoms with Gasteiger partial charge in [0.1, 0.15) is 6.61 Å². The Kier molecular flexibility index (Phi) is 5.64. The molecule has 0 fully saturated rings. The Labute approximate surface area is 107 Å². The molecule has 0 aliphatic carbocycles. The van der Waals surface area contributed by atoms with Gasteiger partial charge in [0.2, 0.25) is 5.91 Å². The molecule has 0 spiro atoms. The van der Waals surface area contributed by atoms with Crippen molar-refractivity contribution in [1.82, 2.24) is 5.32 Å². The van der Waals surface area contributed by atoms with E-state index in [2.05, 4.69) is 5.32 Å². The summed E-state index contributed by atoms with van der Waals surface area (Å²) in [5.41, 5.74) is 0.959. The standard InChI is InChI=1S/C14H17NO3/c1-11(10-18-12(2)16)15-14(17)9-8-13-6-4-3-5-7-13/h3-9,11H,10H2,1-2H3,(H,15,17)/b9-8+. The SMILES string of the molecule is CC(=O)OCC(C)NC(=O)/C=C/c1ccccc1. The number of carbonyl (C=O) groups excluding carboxylic acids is 2. The minimum atomic E-state index is -0.351. The molecule has 4 nitrogen and oxygen atoms in total. The normalized spacial score (nSPS) is 12.1. The van der Waals surface area contributed by atoms with Crippen LogP contribution in [-0.4, -0.2) is 24.5 Å². The lowest BCUT2D eigenvalue weighted by molar-refractivity contribution is -0.142. The molecule has 1 aromatic carbocycles. The molecule has 1 aromatic rings. The fourth-order valence-electron chi connectivity index (χ4n) is 1.31. The number of esters is 1. The quantitative estimate of drug-likeness (QED) is 0.637. The van der Waals surface area contributed by atoms with E-state index >= 15 is 0 Å². The molecule has 0 saturated heterocycles. The second-order valence-electron chi connectivity index (χ2n) is 3.96. The van der Waals surface area contributed by atoms with Crippen molar-refractivity contribution in [3.05, 3.63) is 42.0 Å². The molecular weight excluding hydrogens is 230 g/mol. The van der Waals surface area contributed by atoms with Crippen molar-refractivity contribution in [2.24, 2.45) is 0 Å². The molecule has 1 N–H and O–H groups in total. The van der Waals surface area contributed by atoms with Crippen molar-refractivity contribution in [2.45, 2.75) is 19.9 Å².